The quantitative estimate of drug-likeness (QED) is 0.723. The smallest absolute Gasteiger partial charge is 0.234 e. The molecule has 1 amide bonds. The fraction of sp³-hybridized carbons (Fsp3) is 0.500. The van der Waals surface area contributed by atoms with Crippen LogP contribution in [0.25, 0.3) is 0 Å². The molecule has 0 bridgehead atoms. The number of nitrogens with two attached hydrogens (primary N) is 2. The number of amides is 1. The van der Waals surface area contributed by atoms with E-state index in [1.165, 1.54) is 0 Å². The SMILES string of the molecule is CCCN(Cc1ccc(N)cc1)C(CC)C(N)=O. The van der Waals surface area contributed by atoms with Gasteiger partial charge in [-0.3, -0.25) is 9.69 Å². The van der Waals surface area contributed by atoms with Gasteiger partial charge in [0.15, 0.2) is 0 Å². The fourth-order valence-corrected chi connectivity index (χ4v) is 2.13. The van der Waals surface area contributed by atoms with Gasteiger partial charge in [-0.2, -0.15) is 0 Å². The van der Waals surface area contributed by atoms with Crippen LogP contribution in [0.1, 0.15) is 32.3 Å². The number of hydrogen-bond donors (Lipinski definition) is 2. The molecule has 0 aliphatic heterocycles. The predicted molar refractivity (Wildman–Crippen MR) is 74.8 cm³/mol. The molecule has 0 saturated heterocycles. The minimum atomic E-state index is -0.249. The number of rotatable bonds is 7. The summed E-state index contributed by atoms with van der Waals surface area (Å²) in [5.74, 6) is -0.249. The number of hydrogen-bond acceptors (Lipinski definition) is 3. The van der Waals surface area contributed by atoms with Gasteiger partial charge < -0.3 is 11.5 Å². The monoisotopic (exact) mass is 249 g/mol. The highest BCUT2D eigenvalue weighted by Crippen LogP contribution is 2.13. The number of primary amides is 1. The molecular formula is C14H23N3O. The number of anilines is 1. The van der Waals surface area contributed by atoms with E-state index in [0.29, 0.717) is 0 Å². The van der Waals surface area contributed by atoms with Crippen molar-refractivity contribution in [3.05, 3.63) is 29.8 Å². The van der Waals surface area contributed by atoms with Crippen molar-refractivity contribution < 1.29 is 4.79 Å². The third-order valence-electron chi connectivity index (χ3n) is 3.03. The molecule has 0 aliphatic rings. The average molecular weight is 249 g/mol. The molecule has 100 valence electrons. The Balaban J connectivity index is 2.78. The van der Waals surface area contributed by atoms with Gasteiger partial charge in [-0.05, 0) is 37.1 Å². The first-order valence-electron chi connectivity index (χ1n) is 6.46. The van der Waals surface area contributed by atoms with Crippen molar-refractivity contribution in [2.75, 3.05) is 12.3 Å². The highest BCUT2D eigenvalue weighted by atomic mass is 16.1. The van der Waals surface area contributed by atoms with Crippen molar-refractivity contribution >= 4 is 11.6 Å². The second-order valence-corrected chi connectivity index (χ2v) is 4.54. The number of carbonyl (C=O) groups excluding carboxylic acids is 1. The largest absolute Gasteiger partial charge is 0.399 e. The molecule has 1 rings (SSSR count). The molecule has 0 saturated carbocycles. The molecule has 1 atom stereocenters. The van der Waals surface area contributed by atoms with E-state index in [0.717, 1.165) is 37.2 Å². The van der Waals surface area contributed by atoms with Gasteiger partial charge in [-0.15, -0.1) is 0 Å². The summed E-state index contributed by atoms with van der Waals surface area (Å²) in [4.78, 5) is 13.6. The molecule has 0 spiro atoms. The van der Waals surface area contributed by atoms with Gasteiger partial charge in [-0.1, -0.05) is 26.0 Å². The van der Waals surface area contributed by atoms with Crippen LogP contribution in [0.15, 0.2) is 24.3 Å². The van der Waals surface area contributed by atoms with Crippen molar-refractivity contribution in [3.8, 4) is 0 Å². The van der Waals surface area contributed by atoms with Crippen LogP contribution in [-0.4, -0.2) is 23.4 Å². The third kappa shape index (κ3) is 4.04. The highest BCUT2D eigenvalue weighted by molar-refractivity contribution is 5.79. The van der Waals surface area contributed by atoms with Crippen LogP contribution in [-0.2, 0) is 11.3 Å². The Labute approximate surface area is 109 Å². The molecule has 4 heteroatoms. The molecule has 1 unspecified atom stereocenters. The predicted octanol–water partition coefficient (Wildman–Crippen LogP) is 1.74. The lowest BCUT2D eigenvalue weighted by molar-refractivity contribution is -0.123. The Morgan fingerprint density at radius 3 is 2.33 bits per heavy atom. The zero-order chi connectivity index (χ0) is 13.5. The maximum Gasteiger partial charge on any atom is 0.234 e. The first-order chi connectivity index (χ1) is 8.58. The van der Waals surface area contributed by atoms with Gasteiger partial charge in [-0.25, -0.2) is 0 Å². The summed E-state index contributed by atoms with van der Waals surface area (Å²) in [5, 5.41) is 0. The highest BCUT2D eigenvalue weighted by Gasteiger charge is 2.21. The molecule has 0 aromatic heterocycles. The minimum Gasteiger partial charge on any atom is -0.399 e. The van der Waals surface area contributed by atoms with Crippen LogP contribution in [0.5, 0.6) is 0 Å². The molecule has 18 heavy (non-hydrogen) atoms. The Morgan fingerprint density at radius 1 is 1.28 bits per heavy atom. The number of nitrogens with zero attached hydrogens (tertiary/aromatic N) is 1. The second kappa shape index (κ2) is 7.01. The Morgan fingerprint density at radius 2 is 1.89 bits per heavy atom. The Hall–Kier alpha value is -1.55. The summed E-state index contributed by atoms with van der Waals surface area (Å²) in [6.45, 7) is 5.69. The van der Waals surface area contributed by atoms with Gasteiger partial charge in [0.05, 0.1) is 6.04 Å². The molecule has 0 radical (unpaired) electrons. The van der Waals surface area contributed by atoms with Crippen LogP contribution in [0.4, 0.5) is 5.69 Å². The second-order valence-electron chi connectivity index (χ2n) is 4.54. The Kier molecular flexibility index (Phi) is 5.65. The topological polar surface area (TPSA) is 72.3 Å². The lowest BCUT2D eigenvalue weighted by Crippen LogP contribution is -2.44. The molecule has 0 heterocycles. The molecule has 0 fully saturated rings. The van der Waals surface area contributed by atoms with Crippen molar-refractivity contribution in [1.82, 2.24) is 4.90 Å². The fourth-order valence-electron chi connectivity index (χ4n) is 2.13. The molecule has 4 N–H and O–H groups in total. The first-order valence-corrected chi connectivity index (χ1v) is 6.46. The number of nitrogen functional groups attached to an aromatic ring is 1. The van der Waals surface area contributed by atoms with Crippen LogP contribution in [0.3, 0.4) is 0 Å². The third-order valence-corrected chi connectivity index (χ3v) is 3.03. The van der Waals surface area contributed by atoms with E-state index < -0.39 is 0 Å². The van der Waals surface area contributed by atoms with E-state index in [9.17, 15) is 4.79 Å². The first kappa shape index (κ1) is 14.5. The number of carbonyl (C=O) groups is 1. The van der Waals surface area contributed by atoms with Crippen LogP contribution in [0.2, 0.25) is 0 Å². The summed E-state index contributed by atoms with van der Waals surface area (Å²) >= 11 is 0. The standard InChI is InChI=1S/C14H23N3O/c1-3-9-17(13(4-2)14(16)18)10-11-5-7-12(15)8-6-11/h5-8,13H,3-4,9-10,15H2,1-2H3,(H2,16,18). The van der Waals surface area contributed by atoms with E-state index in [1.807, 2.05) is 31.2 Å². The molecule has 0 aliphatic carbocycles. The van der Waals surface area contributed by atoms with Crippen molar-refractivity contribution in [3.63, 3.8) is 0 Å². The van der Waals surface area contributed by atoms with E-state index in [2.05, 4.69) is 11.8 Å². The lowest BCUT2D eigenvalue weighted by atomic mass is 10.1. The number of benzene rings is 1. The van der Waals surface area contributed by atoms with Crippen LogP contribution >= 0.6 is 0 Å². The zero-order valence-electron chi connectivity index (χ0n) is 11.2. The van der Waals surface area contributed by atoms with Gasteiger partial charge in [0.2, 0.25) is 5.91 Å². The molecule has 4 nitrogen and oxygen atoms in total. The van der Waals surface area contributed by atoms with Gasteiger partial charge in [0, 0.05) is 12.2 Å². The minimum absolute atomic E-state index is 0.192. The maximum atomic E-state index is 11.5. The van der Waals surface area contributed by atoms with E-state index >= 15 is 0 Å². The zero-order valence-corrected chi connectivity index (χ0v) is 11.2. The van der Waals surface area contributed by atoms with E-state index in [-0.39, 0.29) is 11.9 Å². The molecular weight excluding hydrogens is 226 g/mol. The summed E-state index contributed by atoms with van der Waals surface area (Å²) in [6, 6.07) is 7.55. The lowest BCUT2D eigenvalue weighted by Gasteiger charge is -2.28. The van der Waals surface area contributed by atoms with Crippen LogP contribution < -0.4 is 11.5 Å². The Bertz CT molecular complexity index is 375. The van der Waals surface area contributed by atoms with Gasteiger partial charge in [0.1, 0.15) is 0 Å². The summed E-state index contributed by atoms with van der Waals surface area (Å²) in [6.07, 6.45) is 1.74. The molecule has 1 aromatic rings. The summed E-state index contributed by atoms with van der Waals surface area (Å²) in [7, 11) is 0. The van der Waals surface area contributed by atoms with E-state index in [4.69, 9.17) is 11.5 Å². The van der Waals surface area contributed by atoms with Gasteiger partial charge in [0.25, 0.3) is 0 Å². The normalized spacial score (nSPS) is 12.6. The van der Waals surface area contributed by atoms with Crippen molar-refractivity contribution in [1.29, 1.82) is 0 Å². The average Bonchev–Trinajstić information content (AvgIpc) is 2.32. The molecule has 1 aromatic carbocycles. The van der Waals surface area contributed by atoms with E-state index in [1.54, 1.807) is 0 Å². The van der Waals surface area contributed by atoms with Crippen molar-refractivity contribution in [2.24, 2.45) is 5.73 Å². The maximum absolute atomic E-state index is 11.5. The van der Waals surface area contributed by atoms with Crippen molar-refractivity contribution in [2.45, 2.75) is 39.3 Å². The summed E-state index contributed by atoms with van der Waals surface area (Å²) in [5.41, 5.74) is 13.0. The van der Waals surface area contributed by atoms with Crippen LogP contribution in [0, 0.1) is 0 Å². The van der Waals surface area contributed by atoms with Gasteiger partial charge >= 0.3 is 0 Å². The summed E-state index contributed by atoms with van der Waals surface area (Å²) < 4.78 is 0.